The molecule has 0 aliphatic carbocycles. The van der Waals surface area contributed by atoms with Gasteiger partial charge in [0, 0.05) is 0 Å². The third-order valence-corrected chi connectivity index (χ3v) is 8.86. The zero-order valence-electron chi connectivity index (χ0n) is 30.5. The summed E-state index contributed by atoms with van der Waals surface area (Å²) >= 11 is 3.91. The molecule has 0 bridgehead atoms. The molecule has 0 aliphatic rings. The summed E-state index contributed by atoms with van der Waals surface area (Å²) in [6.07, 6.45) is 8.83. The van der Waals surface area contributed by atoms with Gasteiger partial charge in [-0.1, -0.05) is 89.0 Å². The van der Waals surface area contributed by atoms with Crippen LogP contribution in [-0.2, 0) is 9.53 Å². The van der Waals surface area contributed by atoms with Gasteiger partial charge in [0.05, 0.1) is 25.2 Å². The fourth-order valence-electron chi connectivity index (χ4n) is 5.29. The van der Waals surface area contributed by atoms with Gasteiger partial charge in [0.25, 0.3) is 0 Å². The number of carbonyl (C=O) groups is 2. The van der Waals surface area contributed by atoms with Crippen molar-refractivity contribution in [1.82, 2.24) is 0 Å². The van der Waals surface area contributed by atoms with Crippen molar-refractivity contribution in [2.75, 3.05) is 13.2 Å². The van der Waals surface area contributed by atoms with E-state index in [4.69, 9.17) is 14.2 Å². The van der Waals surface area contributed by atoms with Gasteiger partial charge in [-0.3, -0.25) is 0 Å². The standard InChI is InChI=1S/C40H45ClF8O6/c1-3-4-5-6-7-8-9-10-11-12-26-52-32-19-17-30(18-20-32)29-13-15-31(16-14-29)36(51)55-34-23-21-33(22-24-34)54-28(2)35(50)53-27-25-37(42,43)38(44,45)39(46,47)40(41,48)49/h13-24,28H,3-12,25-27H2,1-2H3/t28-/m0/s1. The van der Waals surface area contributed by atoms with Crippen molar-refractivity contribution in [2.24, 2.45) is 0 Å². The van der Waals surface area contributed by atoms with Crippen LogP contribution in [-0.4, -0.2) is 54.4 Å². The molecule has 15 heteroatoms. The number of carbonyl (C=O) groups excluding carboxylic acids is 2. The number of esters is 2. The second-order valence-electron chi connectivity index (χ2n) is 13.0. The van der Waals surface area contributed by atoms with Crippen molar-refractivity contribution in [3.8, 4) is 28.4 Å². The van der Waals surface area contributed by atoms with E-state index >= 15 is 0 Å². The minimum Gasteiger partial charge on any atom is -0.494 e. The van der Waals surface area contributed by atoms with Gasteiger partial charge in [0.1, 0.15) is 17.2 Å². The van der Waals surface area contributed by atoms with Gasteiger partial charge in [-0.2, -0.15) is 35.1 Å². The molecule has 0 fully saturated rings. The highest BCUT2D eigenvalue weighted by molar-refractivity contribution is 6.22. The molecule has 55 heavy (non-hydrogen) atoms. The first-order valence-electron chi connectivity index (χ1n) is 18.1. The van der Waals surface area contributed by atoms with Crippen molar-refractivity contribution < 1.29 is 63.7 Å². The summed E-state index contributed by atoms with van der Waals surface area (Å²) in [5, 5.41) is -5.98. The van der Waals surface area contributed by atoms with Crippen LogP contribution in [0.4, 0.5) is 35.1 Å². The predicted molar refractivity (Wildman–Crippen MR) is 192 cm³/mol. The van der Waals surface area contributed by atoms with E-state index in [2.05, 4.69) is 23.3 Å². The molecule has 0 spiro atoms. The third-order valence-electron chi connectivity index (χ3n) is 8.62. The maximum atomic E-state index is 13.8. The molecule has 304 valence electrons. The van der Waals surface area contributed by atoms with Gasteiger partial charge in [-0.25, -0.2) is 9.59 Å². The summed E-state index contributed by atoms with van der Waals surface area (Å²) < 4.78 is 127. The molecule has 0 aliphatic heterocycles. The Labute approximate surface area is 320 Å². The molecular formula is C40H45ClF8O6. The zero-order chi connectivity index (χ0) is 40.7. The molecule has 3 aromatic carbocycles. The Morgan fingerprint density at radius 1 is 0.618 bits per heavy atom. The van der Waals surface area contributed by atoms with Gasteiger partial charge >= 0.3 is 35.1 Å². The van der Waals surface area contributed by atoms with Crippen molar-refractivity contribution >= 4 is 23.5 Å². The van der Waals surface area contributed by atoms with Gasteiger partial charge in [-0.15, -0.1) is 0 Å². The van der Waals surface area contributed by atoms with Gasteiger partial charge in [0.2, 0.25) is 0 Å². The molecule has 3 rings (SSSR count). The lowest BCUT2D eigenvalue weighted by atomic mass is 10.0. The van der Waals surface area contributed by atoms with Crippen LogP contribution in [0, 0.1) is 0 Å². The predicted octanol–water partition coefficient (Wildman–Crippen LogP) is 12.3. The Hall–Kier alpha value is -4.07. The number of rotatable bonds is 24. The first-order chi connectivity index (χ1) is 25.9. The summed E-state index contributed by atoms with van der Waals surface area (Å²) in [4.78, 5) is 24.8. The Morgan fingerprint density at radius 2 is 1.09 bits per heavy atom. The number of hydrogen-bond donors (Lipinski definition) is 0. The molecule has 0 radical (unpaired) electrons. The van der Waals surface area contributed by atoms with Crippen molar-refractivity contribution in [1.29, 1.82) is 0 Å². The van der Waals surface area contributed by atoms with E-state index < -0.39 is 54.2 Å². The van der Waals surface area contributed by atoms with Crippen LogP contribution in [0.1, 0.15) is 94.8 Å². The van der Waals surface area contributed by atoms with Crippen molar-refractivity contribution in [2.45, 2.75) is 114 Å². The third kappa shape index (κ3) is 13.3. The minimum atomic E-state index is -6.61. The van der Waals surface area contributed by atoms with Crippen LogP contribution < -0.4 is 14.2 Å². The summed E-state index contributed by atoms with van der Waals surface area (Å²) in [5.74, 6) is -20.0. The van der Waals surface area contributed by atoms with Crippen LogP contribution in [0.2, 0.25) is 0 Å². The van der Waals surface area contributed by atoms with E-state index in [9.17, 15) is 44.7 Å². The van der Waals surface area contributed by atoms with Crippen LogP contribution in [0.5, 0.6) is 17.2 Å². The molecule has 0 unspecified atom stereocenters. The van der Waals surface area contributed by atoms with Gasteiger partial charge in [-0.05, 0) is 84.6 Å². The Kier molecular flexibility index (Phi) is 17.1. The topological polar surface area (TPSA) is 71.1 Å². The number of benzene rings is 3. The second kappa shape index (κ2) is 20.7. The average molecular weight is 809 g/mol. The number of hydrogen-bond acceptors (Lipinski definition) is 6. The summed E-state index contributed by atoms with van der Waals surface area (Å²) in [6, 6.07) is 19.7. The summed E-state index contributed by atoms with van der Waals surface area (Å²) in [5.41, 5.74) is 2.06. The molecule has 0 aromatic heterocycles. The molecule has 0 saturated heterocycles. The monoisotopic (exact) mass is 808 g/mol. The highest BCUT2D eigenvalue weighted by Gasteiger charge is 2.80. The lowest BCUT2D eigenvalue weighted by Gasteiger charge is -2.34. The smallest absolute Gasteiger partial charge is 0.392 e. The average Bonchev–Trinajstić information content (AvgIpc) is 3.14. The maximum Gasteiger partial charge on any atom is 0.392 e. The molecule has 6 nitrogen and oxygen atoms in total. The van der Waals surface area contributed by atoms with E-state index in [1.165, 1.54) is 75.6 Å². The van der Waals surface area contributed by atoms with Crippen LogP contribution >= 0.6 is 11.6 Å². The minimum absolute atomic E-state index is 0.0182. The van der Waals surface area contributed by atoms with E-state index in [0.717, 1.165) is 36.6 Å². The summed E-state index contributed by atoms with van der Waals surface area (Å²) in [7, 11) is 0. The second-order valence-corrected chi connectivity index (χ2v) is 13.5. The molecule has 3 aromatic rings. The number of halogens is 9. The highest BCUT2D eigenvalue weighted by atomic mass is 35.5. The highest BCUT2D eigenvalue weighted by Crippen LogP contribution is 2.54. The molecule has 1 atom stereocenters. The fourth-order valence-corrected chi connectivity index (χ4v) is 5.41. The van der Waals surface area contributed by atoms with Crippen LogP contribution in [0.25, 0.3) is 11.1 Å². The van der Waals surface area contributed by atoms with E-state index in [1.807, 2.05) is 24.3 Å². The Bertz CT molecular complexity index is 1610. The molecule has 0 saturated carbocycles. The number of unbranched alkanes of at least 4 members (excludes halogenated alkanes) is 9. The maximum absolute atomic E-state index is 13.8. The van der Waals surface area contributed by atoms with E-state index in [-0.39, 0.29) is 17.1 Å². The summed E-state index contributed by atoms with van der Waals surface area (Å²) in [6.45, 7) is 2.47. The van der Waals surface area contributed by atoms with Crippen LogP contribution in [0.15, 0.2) is 72.8 Å². The van der Waals surface area contributed by atoms with Crippen LogP contribution in [0.3, 0.4) is 0 Å². The Morgan fingerprint density at radius 3 is 1.62 bits per heavy atom. The zero-order valence-corrected chi connectivity index (χ0v) is 31.3. The molecule has 0 heterocycles. The Balaban J connectivity index is 1.40. The largest absolute Gasteiger partial charge is 0.494 e. The van der Waals surface area contributed by atoms with Gasteiger partial charge in [0.15, 0.2) is 6.10 Å². The normalized spacial score (nSPS) is 12.9. The molecule has 0 N–H and O–H groups in total. The SMILES string of the molecule is CCCCCCCCCCCCOc1ccc(-c2ccc(C(=O)Oc3ccc(O[C@@H](C)C(=O)OCCC(F)(F)C(F)(F)C(F)(F)C(F)(F)Cl)cc3)cc2)cc1. The van der Waals surface area contributed by atoms with E-state index in [0.29, 0.717) is 6.61 Å². The molecule has 0 amide bonds. The quantitative estimate of drug-likeness (QED) is 0.0295. The molecular weight excluding hydrogens is 764 g/mol. The first-order valence-corrected chi connectivity index (χ1v) is 18.5. The lowest BCUT2D eigenvalue weighted by Crippen LogP contribution is -2.60. The first kappa shape index (κ1) is 45.3. The lowest BCUT2D eigenvalue weighted by molar-refractivity contribution is -0.349. The van der Waals surface area contributed by atoms with Crippen molar-refractivity contribution in [3.05, 3.63) is 78.4 Å². The fraction of sp³-hybridized carbons (Fsp3) is 0.500. The number of ether oxygens (including phenoxy) is 4. The van der Waals surface area contributed by atoms with Gasteiger partial charge < -0.3 is 18.9 Å². The van der Waals surface area contributed by atoms with E-state index in [1.54, 1.807) is 24.3 Å². The van der Waals surface area contributed by atoms with Crippen molar-refractivity contribution in [3.63, 3.8) is 0 Å². The number of alkyl halides is 9.